The molecule has 2 N–H and O–H groups in total. The fourth-order valence-corrected chi connectivity index (χ4v) is 7.46. The van der Waals surface area contributed by atoms with Crippen LogP contribution < -0.4 is 0 Å². The molecular weight excluding hydrogens is 735 g/mol. The van der Waals surface area contributed by atoms with E-state index in [1.54, 1.807) is 0 Å². The number of rotatable bonds is 45. The van der Waals surface area contributed by atoms with Crippen molar-refractivity contribution in [1.29, 1.82) is 0 Å². The third kappa shape index (κ3) is 47.1. The molecular formula is C48H91O8P. The Morgan fingerprint density at radius 1 is 0.439 bits per heavy atom. The van der Waals surface area contributed by atoms with Crippen LogP contribution in [0, 0.1) is 0 Å². The minimum Gasteiger partial charge on any atom is -0.462 e. The second-order valence-corrected chi connectivity index (χ2v) is 17.7. The highest BCUT2D eigenvalue weighted by atomic mass is 31.2. The van der Waals surface area contributed by atoms with E-state index in [9.17, 15) is 14.2 Å². The summed E-state index contributed by atoms with van der Waals surface area (Å²) < 4.78 is 26.4. The van der Waals surface area contributed by atoms with Crippen LogP contribution in [-0.2, 0) is 28.2 Å². The van der Waals surface area contributed by atoms with Crippen LogP contribution in [-0.4, -0.2) is 41.0 Å². The van der Waals surface area contributed by atoms with E-state index in [0.29, 0.717) is 12.8 Å². The van der Waals surface area contributed by atoms with Crippen molar-refractivity contribution in [2.24, 2.45) is 0 Å². The molecule has 0 radical (unpaired) electrons. The lowest BCUT2D eigenvalue weighted by atomic mass is 10.0. The number of phosphoric ester groups is 1. The molecule has 336 valence electrons. The van der Waals surface area contributed by atoms with Crippen molar-refractivity contribution >= 4 is 19.8 Å². The van der Waals surface area contributed by atoms with Gasteiger partial charge >= 0.3 is 19.8 Å². The first-order chi connectivity index (χ1) is 27.8. The smallest absolute Gasteiger partial charge is 0.462 e. The molecule has 0 spiro atoms. The van der Waals surface area contributed by atoms with Gasteiger partial charge in [-0.3, -0.25) is 14.1 Å². The van der Waals surface area contributed by atoms with Gasteiger partial charge in [0, 0.05) is 12.8 Å². The summed E-state index contributed by atoms with van der Waals surface area (Å²) >= 11 is 0. The average Bonchev–Trinajstić information content (AvgIpc) is 3.18. The Balaban J connectivity index is 3.86. The number of carbonyl (C=O) groups excluding carboxylic acids is 2. The Morgan fingerprint density at radius 2 is 0.772 bits per heavy atom. The van der Waals surface area contributed by atoms with Gasteiger partial charge in [0.2, 0.25) is 0 Å². The molecule has 0 aliphatic carbocycles. The first kappa shape index (κ1) is 55.5. The fraction of sp³-hybridized carbons (Fsp3) is 0.875. The van der Waals surface area contributed by atoms with E-state index in [1.165, 1.54) is 167 Å². The Morgan fingerprint density at radius 3 is 1.18 bits per heavy atom. The van der Waals surface area contributed by atoms with Crippen molar-refractivity contribution in [2.45, 2.75) is 258 Å². The molecule has 0 bridgehead atoms. The first-order valence-corrected chi connectivity index (χ1v) is 25.7. The van der Waals surface area contributed by atoms with Gasteiger partial charge in [-0.25, -0.2) is 4.57 Å². The summed E-state index contributed by atoms with van der Waals surface area (Å²) in [7, 11) is -4.76. The van der Waals surface area contributed by atoms with Gasteiger partial charge in [-0.2, -0.15) is 0 Å². The predicted molar refractivity (Wildman–Crippen MR) is 239 cm³/mol. The number of carbonyl (C=O) groups is 2. The molecule has 0 saturated carbocycles. The van der Waals surface area contributed by atoms with E-state index in [0.717, 1.165) is 44.9 Å². The van der Waals surface area contributed by atoms with E-state index in [2.05, 4.69) is 42.7 Å². The topological polar surface area (TPSA) is 119 Å². The number of unbranched alkanes of at least 4 members (excludes halogenated alkanes) is 31. The quantitative estimate of drug-likeness (QED) is 0.0270. The number of allylic oxidation sites excluding steroid dienone is 4. The molecule has 0 saturated heterocycles. The molecule has 0 aliphatic heterocycles. The highest BCUT2D eigenvalue weighted by Crippen LogP contribution is 2.36. The van der Waals surface area contributed by atoms with Crippen molar-refractivity contribution in [1.82, 2.24) is 0 Å². The van der Waals surface area contributed by atoms with Crippen LogP contribution in [0.25, 0.3) is 0 Å². The van der Waals surface area contributed by atoms with Gasteiger partial charge in [-0.1, -0.05) is 218 Å². The molecule has 0 aromatic heterocycles. The maximum absolute atomic E-state index is 12.4. The molecule has 57 heavy (non-hydrogen) atoms. The number of ether oxygens (including phenoxy) is 2. The van der Waals surface area contributed by atoms with Crippen molar-refractivity contribution in [3.63, 3.8) is 0 Å². The SMILES string of the molecule is CCCCCCCCCCCCCCCC/C=C/CC/C=C/CCCC(=O)OC[C@H](COP(=O)(O)O)OC(=O)CCCCCCCCCCCCCCCCCC. The standard InChI is InChI=1S/C48H91O8P/c1-3-5-7-9-11-13-15-17-19-21-22-23-24-25-26-27-29-30-32-34-36-38-40-42-47(49)54-44-46(45-55-57(51,52)53)56-48(50)43-41-39-37-35-33-31-28-20-18-16-14-12-10-8-6-4-2/h27,29,34,36,46H,3-26,28,30-33,35,37-45H2,1-2H3,(H2,51,52,53)/b29-27+,36-34+/t46-/m1/s1. The van der Waals surface area contributed by atoms with Crippen LogP contribution in [0.2, 0.25) is 0 Å². The summed E-state index contributed by atoms with van der Waals surface area (Å²) in [6, 6.07) is 0. The Kier molecular flexibility index (Phi) is 43.0. The molecule has 0 heterocycles. The third-order valence-corrected chi connectivity index (χ3v) is 11.2. The monoisotopic (exact) mass is 827 g/mol. The van der Waals surface area contributed by atoms with Gasteiger partial charge in [0.15, 0.2) is 6.10 Å². The highest BCUT2D eigenvalue weighted by molar-refractivity contribution is 7.46. The van der Waals surface area contributed by atoms with Crippen LogP contribution >= 0.6 is 7.82 Å². The predicted octanol–water partition coefficient (Wildman–Crippen LogP) is 15.1. The Labute approximate surface area is 351 Å². The average molecular weight is 827 g/mol. The van der Waals surface area contributed by atoms with Gasteiger partial charge in [0.05, 0.1) is 6.61 Å². The van der Waals surface area contributed by atoms with E-state index >= 15 is 0 Å². The zero-order valence-electron chi connectivity index (χ0n) is 37.3. The Hall–Kier alpha value is -1.47. The van der Waals surface area contributed by atoms with Crippen molar-refractivity contribution < 1.29 is 37.9 Å². The lowest BCUT2D eigenvalue weighted by molar-refractivity contribution is -0.161. The van der Waals surface area contributed by atoms with Crippen LogP contribution in [0.1, 0.15) is 251 Å². The van der Waals surface area contributed by atoms with Crippen LogP contribution in [0.4, 0.5) is 0 Å². The maximum Gasteiger partial charge on any atom is 0.469 e. The molecule has 9 heteroatoms. The van der Waals surface area contributed by atoms with E-state index < -0.39 is 32.5 Å². The lowest BCUT2D eigenvalue weighted by Gasteiger charge is -2.18. The summed E-state index contributed by atoms with van der Waals surface area (Å²) in [5.74, 6) is -0.921. The molecule has 0 fully saturated rings. The molecule has 0 aromatic carbocycles. The van der Waals surface area contributed by atoms with Crippen LogP contribution in [0.3, 0.4) is 0 Å². The zero-order valence-corrected chi connectivity index (χ0v) is 38.1. The normalized spacial score (nSPS) is 12.6. The maximum atomic E-state index is 12.4. The fourth-order valence-electron chi connectivity index (χ4n) is 7.10. The van der Waals surface area contributed by atoms with Gasteiger partial charge in [0.1, 0.15) is 6.61 Å². The van der Waals surface area contributed by atoms with Crippen LogP contribution in [0.5, 0.6) is 0 Å². The van der Waals surface area contributed by atoms with Crippen molar-refractivity contribution in [3.05, 3.63) is 24.3 Å². The second-order valence-electron chi connectivity index (χ2n) is 16.4. The first-order valence-electron chi connectivity index (χ1n) is 24.1. The lowest BCUT2D eigenvalue weighted by Crippen LogP contribution is -2.29. The number of hydrogen-bond donors (Lipinski definition) is 2. The number of phosphoric acid groups is 1. The summed E-state index contributed by atoms with van der Waals surface area (Å²) in [4.78, 5) is 43.0. The van der Waals surface area contributed by atoms with E-state index in [-0.39, 0.29) is 19.4 Å². The Bertz CT molecular complexity index is 977. The second kappa shape index (κ2) is 44.1. The molecule has 0 rings (SSSR count). The minimum atomic E-state index is -4.76. The van der Waals surface area contributed by atoms with Gasteiger partial charge < -0.3 is 19.3 Å². The molecule has 0 aliphatic rings. The molecule has 0 amide bonds. The summed E-state index contributed by atoms with van der Waals surface area (Å²) in [6.07, 6.45) is 52.1. The highest BCUT2D eigenvalue weighted by Gasteiger charge is 2.22. The van der Waals surface area contributed by atoms with Gasteiger partial charge in [-0.15, -0.1) is 0 Å². The summed E-state index contributed by atoms with van der Waals surface area (Å²) in [5, 5.41) is 0. The largest absolute Gasteiger partial charge is 0.469 e. The van der Waals surface area contributed by atoms with E-state index in [4.69, 9.17) is 19.3 Å². The molecule has 0 aromatic rings. The van der Waals surface area contributed by atoms with E-state index in [1.807, 2.05) is 0 Å². The van der Waals surface area contributed by atoms with Crippen molar-refractivity contribution in [3.8, 4) is 0 Å². The number of esters is 2. The van der Waals surface area contributed by atoms with Crippen molar-refractivity contribution in [2.75, 3.05) is 13.2 Å². The zero-order chi connectivity index (χ0) is 41.8. The van der Waals surface area contributed by atoms with Gasteiger partial charge in [-0.05, 0) is 44.9 Å². The summed E-state index contributed by atoms with van der Waals surface area (Å²) in [6.45, 7) is 3.69. The molecule has 1 atom stereocenters. The minimum absolute atomic E-state index is 0.209. The van der Waals surface area contributed by atoms with Gasteiger partial charge in [0.25, 0.3) is 0 Å². The molecule has 8 nitrogen and oxygen atoms in total. The summed E-state index contributed by atoms with van der Waals surface area (Å²) in [5.41, 5.74) is 0. The number of hydrogen-bond acceptors (Lipinski definition) is 6. The molecule has 0 unspecified atom stereocenters. The van der Waals surface area contributed by atoms with Crippen LogP contribution in [0.15, 0.2) is 24.3 Å². The third-order valence-electron chi connectivity index (χ3n) is 10.7.